The van der Waals surface area contributed by atoms with Crippen LogP contribution in [0.25, 0.3) is 10.8 Å². The number of amides is 1. The van der Waals surface area contributed by atoms with Crippen molar-refractivity contribution in [3.05, 3.63) is 78.1 Å². The maximum Gasteiger partial charge on any atom is 0.475 e. The van der Waals surface area contributed by atoms with E-state index in [4.69, 9.17) is 9.57 Å². The van der Waals surface area contributed by atoms with Crippen LogP contribution in [-0.4, -0.2) is 51.9 Å². The summed E-state index contributed by atoms with van der Waals surface area (Å²) in [7, 11) is -1.68. The molecular formula is C27H32BN3O5. The van der Waals surface area contributed by atoms with Crippen molar-refractivity contribution >= 4 is 29.5 Å². The van der Waals surface area contributed by atoms with Crippen molar-refractivity contribution in [2.75, 3.05) is 6.61 Å². The fraction of sp³-hybridized carbons (Fsp3) is 0.370. The number of nitrogens with one attached hydrogen (secondary N) is 1. The maximum atomic E-state index is 13.5. The first kappa shape index (κ1) is 25.8. The molecule has 0 saturated carbocycles. The van der Waals surface area contributed by atoms with Gasteiger partial charge in [0.15, 0.2) is 0 Å². The predicted octanol–water partition coefficient (Wildman–Crippen LogP) is 3.05. The monoisotopic (exact) mass is 489 g/mol. The Kier molecular flexibility index (Phi) is 8.35. The van der Waals surface area contributed by atoms with Crippen molar-refractivity contribution in [1.29, 1.82) is 0 Å². The number of nitrogens with zero attached hydrogens (tertiary/aromatic N) is 2. The number of hydrogen-bond donors (Lipinski definition) is 3. The third-order valence-corrected chi connectivity index (χ3v) is 6.25. The fourth-order valence-corrected chi connectivity index (χ4v) is 4.47. The van der Waals surface area contributed by atoms with Gasteiger partial charge in [0.25, 0.3) is 5.91 Å². The molecule has 9 heteroatoms. The largest absolute Gasteiger partial charge is 0.475 e. The number of pyridine rings is 1. The van der Waals surface area contributed by atoms with Gasteiger partial charge in [0.05, 0.1) is 30.6 Å². The van der Waals surface area contributed by atoms with Crippen molar-refractivity contribution in [1.82, 2.24) is 10.3 Å². The molecule has 3 aromatic rings. The Labute approximate surface area is 211 Å². The molecule has 0 fully saturated rings. The highest BCUT2D eigenvalue weighted by atomic mass is 16.7. The van der Waals surface area contributed by atoms with Crippen molar-refractivity contribution in [3.63, 3.8) is 0 Å². The Morgan fingerprint density at radius 1 is 1.11 bits per heavy atom. The molecule has 188 valence electrons. The van der Waals surface area contributed by atoms with Crippen LogP contribution < -0.4 is 5.32 Å². The number of fused-ring (bicyclic) bond motifs is 1. The number of carbonyl (C=O) groups excluding carboxylic acids is 1. The minimum Gasteiger partial charge on any atom is -0.426 e. The second-order valence-electron chi connectivity index (χ2n) is 9.68. The third kappa shape index (κ3) is 6.29. The zero-order valence-electron chi connectivity index (χ0n) is 20.6. The standard InChI is InChI=1S/C27H32BN3O5/c1-19(2)14-25(28(33)34)30-26(32)27(15-20-8-4-3-5-9-20)16-22(31-36-27)17-35-18-24-23-11-7-6-10-21(23)12-13-29-24/h3-13,19,25,33-34H,14-18H2,1-2H3,(H,30,32)/t25-,27?/m0/s1. The van der Waals surface area contributed by atoms with Crippen LogP contribution in [0, 0.1) is 5.92 Å². The number of aromatic nitrogens is 1. The first-order chi connectivity index (χ1) is 17.4. The normalized spacial score (nSPS) is 18.1. The summed E-state index contributed by atoms with van der Waals surface area (Å²) < 4.78 is 5.92. The van der Waals surface area contributed by atoms with E-state index in [1.807, 2.05) is 74.5 Å². The quantitative estimate of drug-likeness (QED) is 0.357. The van der Waals surface area contributed by atoms with E-state index < -0.39 is 24.6 Å². The molecule has 0 bridgehead atoms. The van der Waals surface area contributed by atoms with E-state index in [1.54, 1.807) is 6.20 Å². The molecule has 2 heterocycles. The molecule has 1 aromatic heterocycles. The molecule has 1 amide bonds. The lowest BCUT2D eigenvalue weighted by Gasteiger charge is -2.29. The molecule has 1 unspecified atom stereocenters. The predicted molar refractivity (Wildman–Crippen MR) is 139 cm³/mol. The smallest absolute Gasteiger partial charge is 0.426 e. The molecule has 1 aliphatic heterocycles. The molecule has 2 atom stereocenters. The lowest BCUT2D eigenvalue weighted by molar-refractivity contribution is -0.144. The SMILES string of the molecule is CC(C)C[C@H](NC(=O)C1(Cc2ccccc2)CC(COCc2nccc3ccccc23)=NO1)B(O)O. The maximum absolute atomic E-state index is 13.5. The second kappa shape index (κ2) is 11.6. The average Bonchev–Trinajstić information content (AvgIpc) is 3.28. The molecule has 36 heavy (non-hydrogen) atoms. The summed E-state index contributed by atoms with van der Waals surface area (Å²) in [6.07, 6.45) is 2.69. The molecule has 0 aliphatic carbocycles. The van der Waals surface area contributed by atoms with Crippen molar-refractivity contribution in [3.8, 4) is 0 Å². The van der Waals surface area contributed by atoms with E-state index in [9.17, 15) is 14.8 Å². The minimum atomic E-state index is -1.68. The van der Waals surface area contributed by atoms with E-state index in [2.05, 4.69) is 15.5 Å². The van der Waals surface area contributed by atoms with Gasteiger partial charge in [-0.25, -0.2) is 0 Å². The Bertz CT molecular complexity index is 1200. The molecule has 3 N–H and O–H groups in total. The number of carbonyl (C=O) groups is 1. The molecule has 0 spiro atoms. The van der Waals surface area contributed by atoms with Crippen molar-refractivity contribution in [2.45, 2.75) is 51.3 Å². The number of rotatable bonds is 11. The summed E-state index contributed by atoms with van der Waals surface area (Å²) in [6.45, 7) is 4.39. The second-order valence-corrected chi connectivity index (χ2v) is 9.68. The zero-order chi connectivity index (χ0) is 25.5. The van der Waals surface area contributed by atoms with Gasteiger partial charge in [0.2, 0.25) is 5.60 Å². The van der Waals surface area contributed by atoms with Gasteiger partial charge in [-0.2, -0.15) is 0 Å². The highest BCUT2D eigenvalue weighted by Gasteiger charge is 2.48. The van der Waals surface area contributed by atoms with Gasteiger partial charge in [-0.15, -0.1) is 0 Å². The molecular weight excluding hydrogens is 457 g/mol. The van der Waals surface area contributed by atoms with Crippen LogP contribution in [-0.2, 0) is 27.4 Å². The summed E-state index contributed by atoms with van der Waals surface area (Å²) >= 11 is 0. The topological polar surface area (TPSA) is 113 Å². The molecule has 2 aromatic carbocycles. The van der Waals surface area contributed by atoms with Gasteiger partial charge in [0, 0.05) is 24.4 Å². The van der Waals surface area contributed by atoms with E-state index in [1.165, 1.54) is 0 Å². The number of oxime groups is 1. The molecule has 4 rings (SSSR count). The molecule has 0 saturated heterocycles. The molecule has 8 nitrogen and oxygen atoms in total. The lowest BCUT2D eigenvalue weighted by atomic mass is 9.74. The summed E-state index contributed by atoms with van der Waals surface area (Å²) in [5, 5.41) is 28.8. The fourth-order valence-electron chi connectivity index (χ4n) is 4.47. The lowest BCUT2D eigenvalue weighted by Crippen LogP contribution is -2.56. The Morgan fingerprint density at radius 3 is 2.61 bits per heavy atom. The van der Waals surface area contributed by atoms with Gasteiger partial charge in [0.1, 0.15) is 0 Å². The average molecular weight is 489 g/mol. The number of ether oxygens (including phenoxy) is 1. The van der Waals surface area contributed by atoms with Gasteiger partial charge in [-0.1, -0.05) is 73.6 Å². The Hall–Kier alpha value is -3.27. The van der Waals surface area contributed by atoms with E-state index in [0.29, 0.717) is 18.7 Å². The summed E-state index contributed by atoms with van der Waals surface area (Å²) in [5.41, 5.74) is 1.04. The summed E-state index contributed by atoms with van der Waals surface area (Å²) in [4.78, 5) is 23.7. The number of hydrogen-bond acceptors (Lipinski definition) is 7. The Morgan fingerprint density at radius 2 is 1.86 bits per heavy atom. The Balaban J connectivity index is 1.45. The van der Waals surface area contributed by atoms with Crippen LogP contribution in [0.5, 0.6) is 0 Å². The van der Waals surface area contributed by atoms with E-state index in [-0.39, 0.29) is 25.4 Å². The van der Waals surface area contributed by atoms with E-state index >= 15 is 0 Å². The summed E-state index contributed by atoms with van der Waals surface area (Å²) in [6, 6.07) is 19.5. The van der Waals surface area contributed by atoms with Crippen molar-refractivity contribution < 1.29 is 24.4 Å². The van der Waals surface area contributed by atoms with Crippen molar-refractivity contribution in [2.24, 2.45) is 11.1 Å². The zero-order valence-corrected chi connectivity index (χ0v) is 20.6. The van der Waals surface area contributed by atoms with Gasteiger partial charge in [-0.05, 0) is 29.4 Å². The van der Waals surface area contributed by atoms with Gasteiger partial charge < -0.3 is 24.9 Å². The molecule has 1 aliphatic rings. The van der Waals surface area contributed by atoms with Gasteiger partial charge in [-0.3, -0.25) is 9.78 Å². The van der Waals surface area contributed by atoms with E-state index in [0.717, 1.165) is 22.0 Å². The summed E-state index contributed by atoms with van der Waals surface area (Å²) in [5.74, 6) is -1.08. The van der Waals surface area contributed by atoms with Crippen LogP contribution in [0.3, 0.4) is 0 Å². The van der Waals surface area contributed by atoms with Crippen LogP contribution in [0.4, 0.5) is 0 Å². The van der Waals surface area contributed by atoms with Gasteiger partial charge >= 0.3 is 7.12 Å². The van der Waals surface area contributed by atoms with Crippen LogP contribution in [0.15, 0.2) is 72.0 Å². The first-order valence-corrected chi connectivity index (χ1v) is 12.2. The van der Waals surface area contributed by atoms with Crippen LogP contribution in [0.1, 0.15) is 37.9 Å². The third-order valence-electron chi connectivity index (χ3n) is 6.25. The highest BCUT2D eigenvalue weighted by Crippen LogP contribution is 2.30. The van der Waals surface area contributed by atoms with Crippen LogP contribution >= 0.6 is 0 Å². The highest BCUT2D eigenvalue weighted by molar-refractivity contribution is 6.43. The number of benzene rings is 2. The first-order valence-electron chi connectivity index (χ1n) is 12.2. The van der Waals surface area contributed by atoms with Crippen LogP contribution in [0.2, 0.25) is 0 Å². The molecule has 0 radical (unpaired) electrons. The minimum absolute atomic E-state index is 0.162.